The van der Waals surface area contributed by atoms with Gasteiger partial charge in [0.15, 0.2) is 6.10 Å². The van der Waals surface area contributed by atoms with Crippen LogP contribution in [0, 0.1) is 0 Å². The highest BCUT2D eigenvalue weighted by Crippen LogP contribution is 2.17. The lowest BCUT2D eigenvalue weighted by atomic mass is 10.1. The summed E-state index contributed by atoms with van der Waals surface area (Å²) in [5.74, 6) is 1.61. The standard InChI is InChI=1S/C18H20ClNO2S/c1-22-17(15-7-3-2-4-8-15)18(21)20-10-11-23-13-14-6-5-9-16(19)12-14/h2-9,12,17H,10-11,13H2,1H3,(H,20,21)/t17-/m0/s1. The first-order chi connectivity index (χ1) is 11.2. The van der Waals surface area contributed by atoms with Crippen molar-refractivity contribution in [3.63, 3.8) is 0 Å². The summed E-state index contributed by atoms with van der Waals surface area (Å²) in [5.41, 5.74) is 2.05. The van der Waals surface area contributed by atoms with E-state index in [1.165, 1.54) is 5.56 Å². The first-order valence-corrected chi connectivity index (χ1v) is 8.91. The third kappa shape index (κ3) is 5.90. The van der Waals surface area contributed by atoms with Crippen molar-refractivity contribution in [2.24, 2.45) is 0 Å². The van der Waals surface area contributed by atoms with Gasteiger partial charge in [-0.3, -0.25) is 4.79 Å². The van der Waals surface area contributed by atoms with Crippen molar-refractivity contribution in [2.75, 3.05) is 19.4 Å². The minimum Gasteiger partial charge on any atom is -0.367 e. The molecular weight excluding hydrogens is 330 g/mol. The van der Waals surface area contributed by atoms with Gasteiger partial charge in [-0.2, -0.15) is 11.8 Å². The molecule has 0 saturated heterocycles. The van der Waals surface area contributed by atoms with Crippen LogP contribution < -0.4 is 5.32 Å². The molecule has 0 aliphatic carbocycles. The molecule has 2 aromatic rings. The van der Waals surface area contributed by atoms with Crippen molar-refractivity contribution in [3.8, 4) is 0 Å². The number of carbonyl (C=O) groups excluding carboxylic acids is 1. The monoisotopic (exact) mass is 349 g/mol. The molecule has 0 aliphatic heterocycles. The zero-order valence-corrected chi connectivity index (χ0v) is 14.6. The van der Waals surface area contributed by atoms with Gasteiger partial charge in [0, 0.05) is 30.2 Å². The molecule has 0 bridgehead atoms. The molecule has 0 aliphatic rings. The van der Waals surface area contributed by atoms with Gasteiger partial charge in [-0.05, 0) is 23.3 Å². The molecule has 0 spiro atoms. The number of thioether (sulfide) groups is 1. The average molecular weight is 350 g/mol. The largest absolute Gasteiger partial charge is 0.367 e. The zero-order chi connectivity index (χ0) is 16.5. The van der Waals surface area contributed by atoms with E-state index in [-0.39, 0.29) is 5.91 Å². The number of methoxy groups -OCH3 is 1. The fourth-order valence-electron chi connectivity index (χ4n) is 2.18. The number of carbonyl (C=O) groups is 1. The first-order valence-electron chi connectivity index (χ1n) is 7.38. The highest BCUT2D eigenvalue weighted by atomic mass is 35.5. The van der Waals surface area contributed by atoms with Crippen LogP contribution in [-0.2, 0) is 15.3 Å². The summed E-state index contributed by atoms with van der Waals surface area (Å²) in [7, 11) is 1.55. The minimum atomic E-state index is -0.561. The number of halogens is 1. The smallest absolute Gasteiger partial charge is 0.253 e. The van der Waals surface area contributed by atoms with Gasteiger partial charge in [0.1, 0.15) is 0 Å². The van der Waals surface area contributed by atoms with Crippen LogP contribution in [0.15, 0.2) is 54.6 Å². The SMILES string of the molecule is CO[C@H](C(=O)NCCSCc1cccc(Cl)c1)c1ccccc1. The number of benzene rings is 2. The zero-order valence-electron chi connectivity index (χ0n) is 13.0. The van der Waals surface area contributed by atoms with E-state index < -0.39 is 6.10 Å². The second kappa shape index (κ2) is 9.60. The number of hydrogen-bond acceptors (Lipinski definition) is 3. The third-order valence-corrected chi connectivity index (χ3v) is 4.54. The summed E-state index contributed by atoms with van der Waals surface area (Å²) in [6.07, 6.45) is -0.561. The van der Waals surface area contributed by atoms with E-state index in [1.807, 2.05) is 54.6 Å². The lowest BCUT2D eigenvalue weighted by Gasteiger charge is -2.15. The quantitative estimate of drug-likeness (QED) is 0.730. The Balaban J connectivity index is 1.72. The summed E-state index contributed by atoms with van der Waals surface area (Å²) in [6.45, 7) is 0.608. The molecule has 2 rings (SSSR count). The molecule has 0 unspecified atom stereocenters. The third-order valence-electron chi connectivity index (χ3n) is 3.28. The predicted molar refractivity (Wildman–Crippen MR) is 96.8 cm³/mol. The Bertz CT molecular complexity index is 621. The van der Waals surface area contributed by atoms with Crippen LogP contribution in [0.25, 0.3) is 0 Å². The van der Waals surface area contributed by atoms with Gasteiger partial charge in [-0.15, -0.1) is 0 Å². The van der Waals surface area contributed by atoms with E-state index in [9.17, 15) is 4.79 Å². The van der Waals surface area contributed by atoms with Crippen LogP contribution in [0.2, 0.25) is 5.02 Å². The maximum atomic E-state index is 12.2. The Morgan fingerprint density at radius 1 is 1.22 bits per heavy atom. The van der Waals surface area contributed by atoms with Gasteiger partial charge < -0.3 is 10.1 Å². The van der Waals surface area contributed by atoms with Gasteiger partial charge >= 0.3 is 0 Å². The number of ether oxygens (including phenoxy) is 1. The fraction of sp³-hybridized carbons (Fsp3) is 0.278. The van der Waals surface area contributed by atoms with Crippen molar-refractivity contribution in [1.82, 2.24) is 5.32 Å². The summed E-state index contributed by atoms with van der Waals surface area (Å²) >= 11 is 7.71. The van der Waals surface area contributed by atoms with Crippen LogP contribution in [-0.4, -0.2) is 25.3 Å². The second-order valence-corrected chi connectivity index (χ2v) is 6.54. The number of nitrogens with one attached hydrogen (secondary N) is 1. The lowest BCUT2D eigenvalue weighted by molar-refractivity contribution is -0.131. The van der Waals surface area contributed by atoms with E-state index >= 15 is 0 Å². The summed E-state index contributed by atoms with van der Waals surface area (Å²) < 4.78 is 5.30. The molecule has 1 amide bonds. The van der Waals surface area contributed by atoms with Gasteiger partial charge in [-0.1, -0.05) is 54.1 Å². The maximum Gasteiger partial charge on any atom is 0.253 e. The Kier molecular flexibility index (Phi) is 7.46. The molecular formula is C18H20ClNO2S. The van der Waals surface area contributed by atoms with Crippen molar-refractivity contribution < 1.29 is 9.53 Å². The first kappa shape index (κ1) is 17.9. The molecule has 122 valence electrons. The van der Waals surface area contributed by atoms with Crippen LogP contribution in [0.3, 0.4) is 0 Å². The Labute approximate surface area is 146 Å². The highest BCUT2D eigenvalue weighted by Gasteiger charge is 2.18. The Morgan fingerprint density at radius 3 is 2.70 bits per heavy atom. The molecule has 3 nitrogen and oxygen atoms in total. The molecule has 1 atom stereocenters. The van der Waals surface area contributed by atoms with Crippen molar-refractivity contribution in [2.45, 2.75) is 11.9 Å². The minimum absolute atomic E-state index is 0.109. The molecule has 2 aromatic carbocycles. The Hall–Kier alpha value is -1.49. The maximum absolute atomic E-state index is 12.2. The molecule has 23 heavy (non-hydrogen) atoms. The summed E-state index contributed by atoms with van der Waals surface area (Å²) in [4.78, 5) is 12.2. The fourth-order valence-corrected chi connectivity index (χ4v) is 3.20. The van der Waals surface area contributed by atoms with E-state index in [2.05, 4.69) is 5.32 Å². The van der Waals surface area contributed by atoms with E-state index in [0.29, 0.717) is 6.54 Å². The van der Waals surface area contributed by atoms with Crippen LogP contribution >= 0.6 is 23.4 Å². The van der Waals surface area contributed by atoms with Crippen molar-refractivity contribution in [3.05, 3.63) is 70.7 Å². The lowest BCUT2D eigenvalue weighted by Crippen LogP contribution is -2.32. The predicted octanol–water partition coefficient (Wildman–Crippen LogP) is 4.08. The van der Waals surface area contributed by atoms with E-state index in [4.69, 9.17) is 16.3 Å². The molecule has 5 heteroatoms. The number of hydrogen-bond donors (Lipinski definition) is 1. The van der Waals surface area contributed by atoms with Crippen molar-refractivity contribution in [1.29, 1.82) is 0 Å². The average Bonchev–Trinajstić information content (AvgIpc) is 2.56. The van der Waals surface area contributed by atoms with Crippen LogP contribution in [0.1, 0.15) is 17.2 Å². The second-order valence-electron chi connectivity index (χ2n) is 5.00. The summed E-state index contributed by atoms with van der Waals surface area (Å²) in [6, 6.07) is 17.3. The molecule has 1 N–H and O–H groups in total. The van der Waals surface area contributed by atoms with Gasteiger partial charge in [-0.25, -0.2) is 0 Å². The Morgan fingerprint density at radius 2 is 2.00 bits per heavy atom. The summed E-state index contributed by atoms with van der Waals surface area (Å²) in [5, 5.41) is 3.67. The van der Waals surface area contributed by atoms with Gasteiger partial charge in [0.05, 0.1) is 0 Å². The van der Waals surface area contributed by atoms with Crippen LogP contribution in [0.5, 0.6) is 0 Å². The highest BCUT2D eigenvalue weighted by molar-refractivity contribution is 7.98. The van der Waals surface area contributed by atoms with Gasteiger partial charge in [0.2, 0.25) is 0 Å². The normalized spacial score (nSPS) is 11.9. The molecule has 0 fully saturated rings. The topological polar surface area (TPSA) is 38.3 Å². The number of rotatable bonds is 8. The van der Waals surface area contributed by atoms with Crippen LogP contribution in [0.4, 0.5) is 0 Å². The molecule has 0 aromatic heterocycles. The van der Waals surface area contributed by atoms with Crippen molar-refractivity contribution >= 4 is 29.3 Å². The molecule has 0 radical (unpaired) electrons. The van der Waals surface area contributed by atoms with E-state index in [0.717, 1.165) is 22.1 Å². The van der Waals surface area contributed by atoms with Gasteiger partial charge in [0.25, 0.3) is 5.91 Å². The molecule has 0 saturated carbocycles. The number of amides is 1. The molecule has 0 heterocycles. The van der Waals surface area contributed by atoms with E-state index in [1.54, 1.807) is 18.9 Å².